The normalized spacial score (nSPS) is 17.6. The molecule has 18 rings (SSSR count). The molecule has 4 aliphatic carbocycles. The number of para-hydroxylation sites is 1. The summed E-state index contributed by atoms with van der Waals surface area (Å²) in [7, 11) is 6.49. The van der Waals surface area contributed by atoms with Gasteiger partial charge in [-0.05, 0) is 201 Å². The number of anilines is 2. The molecular weight excluding hydrogens is 1290 g/mol. The molecule has 2 aliphatic heterocycles. The van der Waals surface area contributed by atoms with Crippen LogP contribution in [0.3, 0.4) is 0 Å². The zero-order valence-corrected chi connectivity index (χ0v) is 66.0. The Bertz CT molecular complexity index is 5780. The second kappa shape index (κ2) is 26.2. The lowest BCUT2D eigenvalue weighted by Gasteiger charge is -2.33. The van der Waals surface area contributed by atoms with Crippen molar-refractivity contribution in [3.63, 3.8) is 0 Å². The molecule has 10 nitrogen and oxygen atoms in total. The Hall–Kier alpha value is -10.6. The summed E-state index contributed by atoms with van der Waals surface area (Å²) in [4.78, 5) is 27.4. The summed E-state index contributed by atoms with van der Waals surface area (Å²) >= 11 is 0. The molecule has 2 atom stereocenters. The quantitative estimate of drug-likeness (QED) is 0.153. The number of hydrogen-bond donors (Lipinski definition) is 0. The number of hydrogen-bond acceptors (Lipinski definition) is 8. The maximum Gasteiger partial charge on any atom is 0.213 e. The molecule has 6 aromatic carbocycles. The van der Waals surface area contributed by atoms with E-state index < -0.39 is 6.98 Å². The third-order valence-electron chi connectivity index (χ3n) is 24.0. The van der Waals surface area contributed by atoms with E-state index in [1.807, 2.05) is 44.6 Å². The standard InChI is InChI=1S/C29H31N2.C25H23N2.2C21H25N3/c1-18(2)14-20-9-10-21-11-12-26(31(6)27(21)16-20)23-17-25-24(15-19(23)3)22-8-7-13-30-28(22)29(25,4)5;1-16-14-20-18-9-7-13-26-24(18)25(2,3)21(20)15-19(16)23-12-11-17-8-5-6-10-22(17)27(23)4;2*1-13-7-9-16-17-10-8-14(2)22-20(17)21(4,5)18(16)19(13)24-12-11-23(6)15(24)3/h7-13,15-18H,14H2,1-6H3;5-15H,1-4H3;2*7-12,15H,1-6H3/q2*+1;;/t;;2*15-/m..00/s1/i;;6D3;. The summed E-state index contributed by atoms with van der Waals surface area (Å²) in [6, 6.07) is 59.8. The average Bonchev–Trinajstić information content (AvgIpc) is 1.57. The second-order valence-corrected chi connectivity index (χ2v) is 33.1. The van der Waals surface area contributed by atoms with Crippen molar-refractivity contribution in [2.45, 2.75) is 165 Å². The highest BCUT2D eigenvalue weighted by Gasteiger charge is 2.45. The van der Waals surface area contributed by atoms with Gasteiger partial charge in [0.25, 0.3) is 0 Å². The summed E-state index contributed by atoms with van der Waals surface area (Å²) in [5.74, 6) is 0.655. The first kappa shape index (κ1) is 67.3. The SMILES string of the molecule is Cc1cc2c(cc1-c1ccc3ccc(CC(C)C)cc3[n+]1C)C(C)(C)c1ncccc1-2.Cc1cc2c(cc1-c1ccc3ccccc3[n+]1C)C(C)(C)c1ncccc1-2.Cc1ccc2c(n1)C(C)(C)c1c-2ccc(C)c1N1C=CN(C)[C@@H]1C.[2H]C([2H])([2H])N1C=CN(c2c(C)ccc3c2C(C)(C)c2nc(C)ccc2-3)[C@H]1C. The zero-order chi connectivity index (χ0) is 77.6. The molecule has 0 bridgehead atoms. The van der Waals surface area contributed by atoms with Crippen LogP contribution < -0.4 is 18.9 Å². The number of benzene rings is 6. The van der Waals surface area contributed by atoms with Crippen LogP contribution in [0, 0.1) is 47.5 Å². The van der Waals surface area contributed by atoms with E-state index in [1.165, 1.54) is 161 Å². The van der Waals surface area contributed by atoms with Crippen LogP contribution in [0.25, 0.3) is 88.8 Å². The Balaban J connectivity index is 0.000000116. The van der Waals surface area contributed by atoms with E-state index in [2.05, 4.69) is 320 Å². The summed E-state index contributed by atoms with van der Waals surface area (Å²) in [6.07, 6.45) is 12.9. The molecule has 0 saturated heterocycles. The number of nitrogens with zero attached hydrogens (tertiary/aromatic N) is 10. The van der Waals surface area contributed by atoms with Gasteiger partial charge in [-0.15, -0.1) is 0 Å². The monoisotopic (exact) mass is 1400 g/mol. The minimum atomic E-state index is -2.16. The van der Waals surface area contributed by atoms with Crippen LogP contribution in [0.2, 0.25) is 0 Å². The number of rotatable bonds is 6. The van der Waals surface area contributed by atoms with Crippen LogP contribution in [0.4, 0.5) is 11.4 Å². The van der Waals surface area contributed by atoms with Crippen molar-refractivity contribution >= 4 is 33.2 Å². The maximum absolute atomic E-state index is 7.80. The minimum absolute atomic E-state index is 0.0796. The molecule has 12 aromatic rings. The van der Waals surface area contributed by atoms with E-state index >= 15 is 0 Å². The van der Waals surface area contributed by atoms with Crippen molar-refractivity contribution in [2.24, 2.45) is 20.0 Å². The Labute approximate surface area is 633 Å². The molecule has 0 saturated carbocycles. The lowest BCUT2D eigenvalue weighted by Crippen LogP contribution is -2.35. The summed E-state index contributed by atoms with van der Waals surface area (Å²) in [5, 5.41) is 2.55. The van der Waals surface area contributed by atoms with Gasteiger partial charge in [-0.2, -0.15) is 9.13 Å². The molecule has 10 heteroatoms. The molecule has 536 valence electrons. The van der Waals surface area contributed by atoms with E-state index in [-0.39, 0.29) is 27.8 Å². The molecule has 0 N–H and O–H groups in total. The largest absolute Gasteiger partial charge is 0.359 e. The van der Waals surface area contributed by atoms with Crippen molar-refractivity contribution in [1.82, 2.24) is 29.7 Å². The van der Waals surface area contributed by atoms with Crippen LogP contribution in [0.15, 0.2) is 201 Å². The number of aromatic nitrogens is 6. The molecule has 0 amide bonds. The predicted octanol–water partition coefficient (Wildman–Crippen LogP) is 21.0. The average molecular weight is 1400 g/mol. The first-order chi connectivity index (χ1) is 51.6. The van der Waals surface area contributed by atoms with Crippen molar-refractivity contribution in [3.05, 3.63) is 285 Å². The van der Waals surface area contributed by atoms with Gasteiger partial charge >= 0.3 is 0 Å². The molecule has 0 unspecified atom stereocenters. The lowest BCUT2D eigenvalue weighted by molar-refractivity contribution is -0.633. The van der Waals surface area contributed by atoms with Crippen molar-refractivity contribution in [2.75, 3.05) is 23.8 Å². The molecular formula is C96H104N10+2. The van der Waals surface area contributed by atoms with E-state index in [1.54, 1.807) is 6.20 Å². The van der Waals surface area contributed by atoms with E-state index in [0.717, 1.165) is 34.8 Å². The third-order valence-corrected chi connectivity index (χ3v) is 24.0. The molecule has 6 aromatic heterocycles. The zero-order valence-electron chi connectivity index (χ0n) is 69.0. The predicted molar refractivity (Wildman–Crippen MR) is 440 cm³/mol. The fourth-order valence-corrected chi connectivity index (χ4v) is 18.0. The number of aryl methyl sites for hydroxylation is 8. The third kappa shape index (κ3) is 11.5. The molecule has 0 radical (unpaired) electrons. The Morgan fingerprint density at radius 1 is 0.415 bits per heavy atom. The highest BCUT2D eigenvalue weighted by atomic mass is 15.4. The summed E-state index contributed by atoms with van der Waals surface area (Å²) < 4.78 is 28.1. The highest BCUT2D eigenvalue weighted by Crippen LogP contribution is 2.56. The smallest absolute Gasteiger partial charge is 0.213 e. The summed E-state index contributed by atoms with van der Waals surface area (Å²) in [5.41, 5.74) is 38.3. The van der Waals surface area contributed by atoms with Gasteiger partial charge in [-0.25, -0.2) is 0 Å². The van der Waals surface area contributed by atoms with Gasteiger partial charge in [0.05, 0.1) is 34.2 Å². The van der Waals surface area contributed by atoms with Crippen molar-refractivity contribution in [1.29, 1.82) is 0 Å². The van der Waals surface area contributed by atoms with Gasteiger partial charge in [0, 0.05) is 157 Å². The van der Waals surface area contributed by atoms with E-state index in [4.69, 9.17) is 24.0 Å². The van der Waals surface area contributed by atoms with Gasteiger partial charge in [0.2, 0.25) is 22.4 Å². The fraction of sp³-hybridized carbons (Fsp3) is 0.312. The first-order valence-corrected chi connectivity index (χ1v) is 37.8. The maximum atomic E-state index is 7.80. The topological polar surface area (TPSA) is 72.3 Å². The van der Waals surface area contributed by atoms with Crippen LogP contribution >= 0.6 is 0 Å². The number of fused-ring (bicyclic) bond motifs is 14. The van der Waals surface area contributed by atoms with Gasteiger partial charge in [0.1, 0.15) is 26.4 Å². The molecule has 0 fully saturated rings. The van der Waals surface area contributed by atoms with E-state index in [0.29, 0.717) is 12.1 Å². The number of pyridine rings is 6. The van der Waals surface area contributed by atoms with Crippen LogP contribution in [0.5, 0.6) is 0 Å². The van der Waals surface area contributed by atoms with Gasteiger partial charge in [-0.1, -0.05) is 148 Å². The van der Waals surface area contributed by atoms with Crippen LogP contribution in [-0.2, 0) is 42.2 Å². The van der Waals surface area contributed by atoms with Crippen LogP contribution in [0.1, 0.15) is 171 Å². The summed E-state index contributed by atoms with van der Waals surface area (Å²) in [6.45, 7) is 37.6. The Morgan fingerprint density at radius 3 is 1.31 bits per heavy atom. The molecule has 106 heavy (non-hydrogen) atoms. The first-order valence-electron chi connectivity index (χ1n) is 39.3. The van der Waals surface area contributed by atoms with Crippen molar-refractivity contribution < 1.29 is 13.2 Å². The fourth-order valence-electron chi connectivity index (χ4n) is 18.0. The second-order valence-electron chi connectivity index (χ2n) is 33.1. The van der Waals surface area contributed by atoms with E-state index in [9.17, 15) is 0 Å². The Kier molecular flexibility index (Phi) is 16.6. The molecule has 6 aliphatic rings. The van der Waals surface area contributed by atoms with Crippen molar-refractivity contribution in [3.8, 4) is 67.0 Å². The highest BCUT2D eigenvalue weighted by molar-refractivity contribution is 5.90. The molecule has 0 spiro atoms. The Morgan fingerprint density at radius 2 is 0.849 bits per heavy atom. The van der Waals surface area contributed by atoms with Crippen LogP contribution in [-0.4, -0.2) is 56.1 Å². The lowest BCUT2D eigenvalue weighted by atomic mass is 9.82. The van der Waals surface area contributed by atoms with Gasteiger partial charge in [-0.3, -0.25) is 19.9 Å². The van der Waals surface area contributed by atoms with Gasteiger partial charge in [0.15, 0.2) is 0 Å². The molecule has 8 heterocycles. The minimum Gasteiger partial charge on any atom is -0.359 e. The van der Waals surface area contributed by atoms with Gasteiger partial charge < -0.3 is 19.6 Å².